The molecule has 0 saturated carbocycles. The van der Waals surface area contributed by atoms with Crippen molar-refractivity contribution in [2.24, 2.45) is 0 Å². The van der Waals surface area contributed by atoms with Crippen LogP contribution in [0.2, 0.25) is 0 Å². The average Bonchev–Trinajstić information content (AvgIpc) is 3.39. The first-order valence-electron chi connectivity index (χ1n) is 8.63. The summed E-state index contributed by atoms with van der Waals surface area (Å²) in [6, 6.07) is 9.22. The quantitative estimate of drug-likeness (QED) is 0.604. The van der Waals surface area contributed by atoms with Crippen LogP contribution >= 0.6 is 22.7 Å². The van der Waals surface area contributed by atoms with Gasteiger partial charge in [-0.25, -0.2) is 4.98 Å². The van der Waals surface area contributed by atoms with Crippen LogP contribution in [0.4, 0.5) is 18.9 Å². The Hall–Kier alpha value is -2.39. The molecule has 0 N–H and O–H groups in total. The second-order valence-electron chi connectivity index (χ2n) is 6.33. The van der Waals surface area contributed by atoms with Gasteiger partial charge in [-0.15, -0.1) is 22.7 Å². The molecule has 0 radical (unpaired) electrons. The first-order chi connectivity index (χ1) is 13.4. The number of thiophene rings is 1. The maximum atomic E-state index is 12.9. The summed E-state index contributed by atoms with van der Waals surface area (Å²) in [6.45, 7) is 1.90. The van der Waals surface area contributed by atoms with E-state index in [2.05, 4.69) is 4.98 Å². The van der Waals surface area contributed by atoms with E-state index >= 15 is 0 Å². The van der Waals surface area contributed by atoms with Gasteiger partial charge in [0.1, 0.15) is 9.88 Å². The molecule has 0 atom stereocenters. The summed E-state index contributed by atoms with van der Waals surface area (Å²) < 4.78 is 38.8. The van der Waals surface area contributed by atoms with Gasteiger partial charge in [0.05, 0.1) is 16.6 Å². The lowest BCUT2D eigenvalue weighted by atomic mass is 10.1. The van der Waals surface area contributed by atoms with Crippen molar-refractivity contribution in [2.75, 3.05) is 31.1 Å². The van der Waals surface area contributed by atoms with E-state index in [-0.39, 0.29) is 5.91 Å². The predicted octanol–water partition coefficient (Wildman–Crippen LogP) is 4.85. The van der Waals surface area contributed by atoms with Crippen LogP contribution in [0, 0.1) is 0 Å². The summed E-state index contributed by atoms with van der Waals surface area (Å²) in [4.78, 5) is 22.3. The van der Waals surface area contributed by atoms with Crippen LogP contribution in [-0.4, -0.2) is 42.0 Å². The number of rotatable bonds is 3. The van der Waals surface area contributed by atoms with Crippen LogP contribution in [0.1, 0.15) is 15.2 Å². The van der Waals surface area contributed by atoms with Crippen molar-refractivity contribution in [1.82, 2.24) is 9.88 Å². The summed E-state index contributed by atoms with van der Waals surface area (Å²) in [5, 5.41) is 2.78. The Bertz CT molecular complexity index is 961. The van der Waals surface area contributed by atoms with E-state index in [9.17, 15) is 18.0 Å². The molecule has 0 bridgehead atoms. The highest BCUT2D eigenvalue weighted by Gasteiger charge is 2.31. The fourth-order valence-corrected chi connectivity index (χ4v) is 4.78. The minimum atomic E-state index is -4.36. The van der Waals surface area contributed by atoms with Gasteiger partial charge in [0, 0.05) is 31.9 Å². The highest BCUT2D eigenvalue weighted by atomic mass is 32.1. The minimum Gasteiger partial charge on any atom is -0.368 e. The number of carbonyl (C=O) groups is 1. The van der Waals surface area contributed by atoms with Crippen LogP contribution in [0.25, 0.3) is 9.88 Å². The van der Waals surface area contributed by atoms with Crippen molar-refractivity contribution in [3.05, 3.63) is 58.4 Å². The lowest BCUT2D eigenvalue weighted by Crippen LogP contribution is -2.48. The zero-order valence-electron chi connectivity index (χ0n) is 14.6. The Labute approximate surface area is 167 Å². The molecule has 146 valence electrons. The first kappa shape index (κ1) is 18.9. The molecule has 4 rings (SSSR count). The van der Waals surface area contributed by atoms with Crippen molar-refractivity contribution in [3.8, 4) is 9.88 Å². The molecule has 0 aliphatic carbocycles. The van der Waals surface area contributed by atoms with Gasteiger partial charge in [0.2, 0.25) is 0 Å². The van der Waals surface area contributed by atoms with Crippen LogP contribution in [0.3, 0.4) is 0 Å². The molecule has 4 nitrogen and oxygen atoms in total. The molecule has 1 aliphatic heterocycles. The number of nitrogens with zero attached hydrogens (tertiary/aromatic N) is 3. The number of aromatic nitrogens is 1. The Morgan fingerprint density at radius 2 is 1.86 bits per heavy atom. The van der Waals surface area contributed by atoms with E-state index in [4.69, 9.17) is 0 Å². The van der Waals surface area contributed by atoms with Crippen molar-refractivity contribution in [1.29, 1.82) is 0 Å². The average molecular weight is 423 g/mol. The minimum absolute atomic E-state index is 0.0796. The summed E-state index contributed by atoms with van der Waals surface area (Å²) in [5.74, 6) is -0.0796. The molecule has 1 fully saturated rings. The number of benzene rings is 1. The fraction of sp³-hybridized carbons (Fsp3) is 0.263. The number of amides is 1. The van der Waals surface area contributed by atoms with Crippen molar-refractivity contribution in [2.45, 2.75) is 6.18 Å². The summed E-state index contributed by atoms with van der Waals surface area (Å²) in [5.41, 5.74) is -0.131. The molecule has 1 aromatic carbocycles. The molecule has 9 heteroatoms. The van der Waals surface area contributed by atoms with Crippen molar-refractivity contribution < 1.29 is 18.0 Å². The number of alkyl halides is 3. The van der Waals surface area contributed by atoms with E-state index in [1.165, 1.54) is 17.4 Å². The highest BCUT2D eigenvalue weighted by Crippen LogP contribution is 2.32. The topological polar surface area (TPSA) is 36.4 Å². The Balaban J connectivity index is 1.41. The third kappa shape index (κ3) is 3.90. The van der Waals surface area contributed by atoms with E-state index in [0.29, 0.717) is 36.7 Å². The number of anilines is 1. The van der Waals surface area contributed by atoms with Crippen LogP contribution in [0.15, 0.2) is 48.0 Å². The number of piperazine rings is 1. The van der Waals surface area contributed by atoms with Crippen LogP contribution in [-0.2, 0) is 6.18 Å². The second kappa shape index (κ2) is 7.56. The molecule has 28 heavy (non-hydrogen) atoms. The lowest BCUT2D eigenvalue weighted by Gasteiger charge is -2.36. The molecule has 0 unspecified atom stereocenters. The molecular weight excluding hydrogens is 407 g/mol. The van der Waals surface area contributed by atoms with Crippen LogP contribution < -0.4 is 4.90 Å². The first-order valence-corrected chi connectivity index (χ1v) is 10.3. The molecular formula is C19H16F3N3OS2. The number of thiazole rings is 1. The van der Waals surface area contributed by atoms with Gasteiger partial charge in [-0.05, 0) is 29.6 Å². The fourth-order valence-electron chi connectivity index (χ4n) is 3.09. The smallest absolute Gasteiger partial charge is 0.368 e. The van der Waals surface area contributed by atoms with Gasteiger partial charge < -0.3 is 9.80 Å². The zero-order chi connectivity index (χ0) is 19.7. The molecule has 2 aromatic heterocycles. The molecule has 0 spiro atoms. The number of hydrogen-bond acceptors (Lipinski definition) is 5. The molecule has 3 heterocycles. The number of hydrogen-bond donors (Lipinski definition) is 0. The van der Waals surface area contributed by atoms with E-state index in [1.54, 1.807) is 28.5 Å². The molecule has 1 saturated heterocycles. The maximum absolute atomic E-state index is 12.9. The monoisotopic (exact) mass is 423 g/mol. The molecule has 1 aliphatic rings. The Morgan fingerprint density at radius 1 is 1.07 bits per heavy atom. The van der Waals surface area contributed by atoms with Crippen LogP contribution in [0.5, 0.6) is 0 Å². The third-order valence-corrected chi connectivity index (χ3v) is 6.58. The van der Waals surface area contributed by atoms with E-state index in [1.807, 2.05) is 22.4 Å². The summed E-state index contributed by atoms with van der Waals surface area (Å²) in [7, 11) is 0. The maximum Gasteiger partial charge on any atom is 0.416 e. The summed E-state index contributed by atoms with van der Waals surface area (Å²) >= 11 is 2.94. The molecule has 1 amide bonds. The highest BCUT2D eigenvalue weighted by molar-refractivity contribution is 7.21. The Morgan fingerprint density at radius 3 is 2.54 bits per heavy atom. The van der Waals surface area contributed by atoms with Crippen molar-refractivity contribution >= 4 is 34.3 Å². The molecule has 3 aromatic rings. The Kier molecular flexibility index (Phi) is 5.11. The van der Waals surface area contributed by atoms with E-state index < -0.39 is 11.7 Å². The largest absolute Gasteiger partial charge is 0.416 e. The summed E-state index contributed by atoms with van der Waals surface area (Å²) in [6.07, 6.45) is -2.76. The van der Waals surface area contributed by atoms with Gasteiger partial charge >= 0.3 is 6.18 Å². The number of halogens is 3. The van der Waals surface area contributed by atoms with E-state index in [0.717, 1.165) is 22.0 Å². The van der Waals surface area contributed by atoms with Gasteiger partial charge in [-0.2, -0.15) is 13.2 Å². The van der Waals surface area contributed by atoms with Gasteiger partial charge in [-0.3, -0.25) is 4.79 Å². The zero-order valence-corrected chi connectivity index (χ0v) is 16.3. The predicted molar refractivity (Wildman–Crippen MR) is 105 cm³/mol. The van der Waals surface area contributed by atoms with Gasteiger partial charge in [-0.1, -0.05) is 12.1 Å². The second-order valence-corrected chi connectivity index (χ2v) is 8.31. The normalized spacial score (nSPS) is 15.1. The van der Waals surface area contributed by atoms with Gasteiger partial charge in [0.25, 0.3) is 5.91 Å². The van der Waals surface area contributed by atoms with Crippen molar-refractivity contribution in [3.63, 3.8) is 0 Å². The SMILES string of the molecule is O=C(c1cnc(-c2cccs2)s1)N1CCN(c2cccc(C(F)(F)F)c2)CC1. The van der Waals surface area contributed by atoms with Gasteiger partial charge in [0.15, 0.2) is 0 Å². The lowest BCUT2D eigenvalue weighted by molar-refractivity contribution is -0.137. The number of carbonyl (C=O) groups excluding carboxylic acids is 1. The standard InChI is InChI=1S/C19H16F3N3OS2/c20-19(21,22)13-3-1-4-14(11-13)24-6-8-25(9-7-24)18(26)16-12-23-17(28-16)15-5-2-10-27-15/h1-5,10-12H,6-9H2. The third-order valence-electron chi connectivity index (χ3n) is 4.55.